The van der Waals surface area contributed by atoms with Crippen molar-refractivity contribution in [2.24, 2.45) is 0 Å². The molecule has 2 fully saturated rings. The van der Waals surface area contributed by atoms with Crippen LogP contribution >= 0.6 is 11.3 Å². The third-order valence-corrected chi connectivity index (χ3v) is 7.56. The van der Waals surface area contributed by atoms with Gasteiger partial charge >= 0.3 is 0 Å². The molecule has 8 nitrogen and oxygen atoms in total. The summed E-state index contributed by atoms with van der Waals surface area (Å²) in [6.45, 7) is 4.19. The van der Waals surface area contributed by atoms with E-state index in [1.807, 2.05) is 24.3 Å². The van der Waals surface area contributed by atoms with Crippen molar-refractivity contribution in [3.8, 4) is 0 Å². The number of amides is 2. The van der Waals surface area contributed by atoms with Crippen molar-refractivity contribution in [2.45, 2.75) is 38.5 Å². The second-order valence-electron chi connectivity index (χ2n) is 8.97. The predicted octanol–water partition coefficient (Wildman–Crippen LogP) is 5.02. The first kappa shape index (κ1) is 23.3. The molecule has 9 heteroatoms. The van der Waals surface area contributed by atoms with Gasteiger partial charge in [-0.3, -0.25) is 9.59 Å². The summed E-state index contributed by atoms with van der Waals surface area (Å²) in [4.78, 5) is 39.7. The average Bonchev–Trinajstić information content (AvgIpc) is 3.42. The minimum atomic E-state index is -0.281. The second kappa shape index (κ2) is 10.9. The zero-order valence-electron chi connectivity index (χ0n) is 19.7. The Bertz CT molecular complexity index is 1060. The van der Waals surface area contributed by atoms with Crippen molar-refractivity contribution in [1.29, 1.82) is 0 Å². The lowest BCUT2D eigenvalue weighted by atomic mass is 10.1. The number of nitrogens with one attached hydrogen (secondary N) is 2. The summed E-state index contributed by atoms with van der Waals surface area (Å²) in [6, 6.07) is 10.9. The Morgan fingerprint density at radius 2 is 1.06 bits per heavy atom. The molecule has 3 aromatic rings. The maximum absolute atomic E-state index is 12.7. The quantitative estimate of drug-likeness (QED) is 0.504. The summed E-state index contributed by atoms with van der Waals surface area (Å²) in [5.41, 5.74) is 2.16. The van der Waals surface area contributed by atoms with Crippen LogP contribution < -0.4 is 20.4 Å². The fraction of sp³-hybridized carbons (Fsp3) is 0.385. The summed E-state index contributed by atoms with van der Waals surface area (Å²) in [6.07, 6.45) is 11.0. The van der Waals surface area contributed by atoms with Crippen LogP contribution in [0.3, 0.4) is 0 Å². The molecule has 2 aliphatic rings. The molecule has 0 radical (unpaired) electrons. The van der Waals surface area contributed by atoms with Gasteiger partial charge in [0, 0.05) is 26.2 Å². The van der Waals surface area contributed by atoms with Gasteiger partial charge < -0.3 is 20.4 Å². The molecular formula is C26H30N6O2S. The molecule has 35 heavy (non-hydrogen) atoms. The molecule has 5 rings (SSSR count). The van der Waals surface area contributed by atoms with Crippen molar-refractivity contribution in [1.82, 2.24) is 9.97 Å². The number of carbonyl (C=O) groups excluding carboxylic acids is 2. The van der Waals surface area contributed by atoms with Gasteiger partial charge in [0.05, 0.1) is 33.5 Å². The molecule has 2 aliphatic heterocycles. The van der Waals surface area contributed by atoms with Crippen molar-refractivity contribution in [3.63, 3.8) is 0 Å². The molecule has 0 unspecified atom stereocenters. The second-order valence-corrected chi connectivity index (χ2v) is 10.1. The molecule has 2 saturated heterocycles. The third kappa shape index (κ3) is 5.79. The van der Waals surface area contributed by atoms with Crippen molar-refractivity contribution in [3.05, 3.63) is 58.5 Å². The molecule has 0 spiro atoms. The smallest absolute Gasteiger partial charge is 0.266 e. The number of rotatable bonds is 6. The lowest BCUT2D eigenvalue weighted by molar-refractivity contribution is 0.102. The van der Waals surface area contributed by atoms with Gasteiger partial charge in [-0.05, 0) is 74.9 Å². The van der Waals surface area contributed by atoms with Crippen LogP contribution in [0.25, 0.3) is 0 Å². The summed E-state index contributed by atoms with van der Waals surface area (Å²) in [7, 11) is 0. The monoisotopic (exact) mass is 490 g/mol. The highest BCUT2D eigenvalue weighted by molar-refractivity contribution is 7.16. The van der Waals surface area contributed by atoms with E-state index in [-0.39, 0.29) is 11.8 Å². The summed E-state index contributed by atoms with van der Waals surface area (Å²) in [5, 5.41) is 5.64. The van der Waals surface area contributed by atoms with E-state index in [9.17, 15) is 9.59 Å². The Labute approximate surface area is 209 Å². The Balaban J connectivity index is 1.16. The molecule has 0 saturated carbocycles. The van der Waals surface area contributed by atoms with E-state index in [0.29, 0.717) is 21.4 Å². The van der Waals surface area contributed by atoms with Crippen LogP contribution in [0.5, 0.6) is 0 Å². The largest absolute Gasteiger partial charge is 0.370 e. The number of piperidine rings is 2. The highest BCUT2D eigenvalue weighted by Gasteiger charge is 2.17. The minimum absolute atomic E-state index is 0.281. The summed E-state index contributed by atoms with van der Waals surface area (Å²) in [5.74, 6) is 0.425. The molecular weight excluding hydrogens is 460 g/mol. The van der Waals surface area contributed by atoms with Gasteiger partial charge in [0.25, 0.3) is 11.8 Å². The average molecular weight is 491 g/mol. The maximum atomic E-state index is 12.7. The van der Waals surface area contributed by atoms with Gasteiger partial charge in [-0.25, -0.2) is 9.97 Å². The number of pyridine rings is 2. The topological polar surface area (TPSA) is 90.5 Å². The van der Waals surface area contributed by atoms with Crippen LogP contribution in [-0.2, 0) is 0 Å². The standard InChI is InChI=1S/C26H30N6O2S/c33-25(29-23-11-7-19(17-27-23)31-13-3-1-4-14-31)21-9-10-22(35-21)26(34)30-24-12-8-20(18-28-24)32-15-5-2-6-16-32/h7-12,17-18H,1-6,13-16H2,(H,27,29,33)(H,28,30,34). The molecule has 182 valence electrons. The number of hydrogen-bond donors (Lipinski definition) is 2. The molecule has 2 amide bonds. The van der Waals surface area contributed by atoms with Gasteiger partial charge in [0.15, 0.2) is 0 Å². The first-order chi connectivity index (χ1) is 17.2. The number of carbonyl (C=O) groups is 2. The van der Waals surface area contributed by atoms with Gasteiger partial charge in [-0.2, -0.15) is 0 Å². The highest BCUT2D eigenvalue weighted by Crippen LogP contribution is 2.23. The van der Waals surface area contributed by atoms with E-state index in [1.165, 1.54) is 38.5 Å². The first-order valence-electron chi connectivity index (χ1n) is 12.3. The number of thiophene rings is 1. The molecule has 0 aliphatic carbocycles. The van der Waals surface area contributed by atoms with E-state index in [4.69, 9.17) is 0 Å². The Kier molecular flexibility index (Phi) is 7.23. The lowest BCUT2D eigenvalue weighted by Gasteiger charge is -2.28. The van der Waals surface area contributed by atoms with Crippen LogP contribution in [-0.4, -0.2) is 48.0 Å². The Hall–Kier alpha value is -3.46. The SMILES string of the molecule is O=C(Nc1ccc(N2CCCCC2)cn1)c1ccc(C(=O)Nc2ccc(N3CCCCC3)cn2)s1. The zero-order chi connectivity index (χ0) is 24.0. The van der Waals surface area contributed by atoms with Crippen LogP contribution in [0, 0.1) is 0 Å². The van der Waals surface area contributed by atoms with E-state index >= 15 is 0 Å². The normalized spacial score (nSPS) is 16.1. The molecule has 3 aromatic heterocycles. The van der Waals surface area contributed by atoms with Gasteiger partial charge in [-0.15, -0.1) is 11.3 Å². The zero-order valence-corrected chi connectivity index (χ0v) is 20.5. The number of hydrogen-bond acceptors (Lipinski definition) is 7. The predicted molar refractivity (Wildman–Crippen MR) is 141 cm³/mol. The lowest BCUT2D eigenvalue weighted by Crippen LogP contribution is -2.29. The van der Waals surface area contributed by atoms with Crippen LogP contribution in [0.4, 0.5) is 23.0 Å². The summed E-state index contributed by atoms with van der Waals surface area (Å²) < 4.78 is 0. The third-order valence-electron chi connectivity index (χ3n) is 6.47. The van der Waals surface area contributed by atoms with E-state index in [2.05, 4.69) is 30.4 Å². The molecule has 5 heterocycles. The number of anilines is 4. The molecule has 0 aromatic carbocycles. The number of nitrogens with zero attached hydrogens (tertiary/aromatic N) is 4. The van der Waals surface area contributed by atoms with Gasteiger partial charge in [-0.1, -0.05) is 0 Å². The first-order valence-corrected chi connectivity index (χ1v) is 13.1. The van der Waals surface area contributed by atoms with Crippen molar-refractivity contribution >= 4 is 46.2 Å². The number of aromatic nitrogens is 2. The summed E-state index contributed by atoms with van der Waals surface area (Å²) >= 11 is 1.14. The van der Waals surface area contributed by atoms with Crippen LogP contribution in [0.2, 0.25) is 0 Å². The maximum Gasteiger partial charge on any atom is 0.266 e. The van der Waals surface area contributed by atoms with E-state index in [1.54, 1.807) is 24.5 Å². The van der Waals surface area contributed by atoms with Crippen LogP contribution in [0.1, 0.15) is 57.9 Å². The molecule has 0 bridgehead atoms. The highest BCUT2D eigenvalue weighted by atomic mass is 32.1. The van der Waals surface area contributed by atoms with Crippen molar-refractivity contribution < 1.29 is 9.59 Å². The van der Waals surface area contributed by atoms with E-state index in [0.717, 1.165) is 48.9 Å². The Morgan fingerprint density at radius 3 is 1.43 bits per heavy atom. The minimum Gasteiger partial charge on any atom is -0.370 e. The fourth-order valence-corrected chi connectivity index (χ4v) is 5.33. The van der Waals surface area contributed by atoms with Gasteiger partial charge in [0.2, 0.25) is 0 Å². The van der Waals surface area contributed by atoms with Crippen molar-refractivity contribution in [2.75, 3.05) is 46.6 Å². The van der Waals surface area contributed by atoms with Crippen LogP contribution in [0.15, 0.2) is 48.8 Å². The Morgan fingerprint density at radius 1 is 0.629 bits per heavy atom. The molecule has 0 atom stereocenters. The fourth-order valence-electron chi connectivity index (χ4n) is 4.54. The van der Waals surface area contributed by atoms with E-state index < -0.39 is 0 Å². The molecule has 2 N–H and O–H groups in total. The van der Waals surface area contributed by atoms with Gasteiger partial charge in [0.1, 0.15) is 11.6 Å².